The maximum Gasteiger partial charge on any atom is 0.407 e. The van der Waals surface area contributed by atoms with Crippen LogP contribution in [0.5, 0.6) is 0 Å². The van der Waals surface area contributed by atoms with Gasteiger partial charge in [-0.3, -0.25) is 14.1 Å². The number of benzene rings is 2. The van der Waals surface area contributed by atoms with Gasteiger partial charge in [0.2, 0.25) is 5.91 Å². The Morgan fingerprint density at radius 3 is 2.24 bits per heavy atom. The first-order valence-electron chi connectivity index (χ1n) is 11.6. The van der Waals surface area contributed by atoms with Crippen LogP contribution in [0.4, 0.5) is 10.5 Å². The maximum atomic E-state index is 13.4. The fourth-order valence-corrected chi connectivity index (χ4v) is 5.25. The first-order valence-corrected chi connectivity index (χ1v) is 13.8. The van der Waals surface area contributed by atoms with Crippen molar-refractivity contribution in [2.75, 3.05) is 11.8 Å². The normalized spacial score (nSPS) is 12.9. The fraction of sp³-hybridized carbons (Fsp3) is 0.320. The van der Waals surface area contributed by atoms with Gasteiger partial charge in [0, 0.05) is 11.3 Å². The van der Waals surface area contributed by atoms with Crippen molar-refractivity contribution in [1.29, 1.82) is 0 Å². The number of aryl methyl sites for hydroxylation is 2. The average molecular weight is 547 g/mol. The number of amides is 2. The first kappa shape index (κ1) is 28.1. The lowest BCUT2D eigenvalue weighted by Crippen LogP contribution is -2.49. The monoisotopic (exact) mass is 546 g/mol. The Labute approximate surface area is 220 Å². The lowest BCUT2D eigenvalue weighted by atomic mass is 10.0. The summed E-state index contributed by atoms with van der Waals surface area (Å²) in [6.45, 7) is 3.99. The summed E-state index contributed by atoms with van der Waals surface area (Å²) in [7, 11) is -3.15. The van der Waals surface area contributed by atoms with E-state index >= 15 is 0 Å². The van der Waals surface area contributed by atoms with Crippen molar-refractivity contribution in [1.82, 2.24) is 15.6 Å². The van der Waals surface area contributed by atoms with Crippen LogP contribution in [0, 0.1) is 6.92 Å². The first-order chi connectivity index (χ1) is 17.6. The zero-order valence-corrected chi connectivity index (χ0v) is 22.4. The molecule has 12 heteroatoms. The second-order valence-electron chi connectivity index (χ2n) is 8.33. The van der Waals surface area contributed by atoms with Crippen LogP contribution in [-0.4, -0.2) is 43.1 Å². The average Bonchev–Trinajstić information content (AvgIpc) is 3.24. The van der Waals surface area contributed by atoms with Crippen LogP contribution in [-0.2, 0) is 39.1 Å². The SMILES string of the molecule is CCc1nc(C(Cc2ccc(NS(=O)(=O)O)cc2)NC(=O)[C@H](Cc2ccccc2)NC(=O)OC)sc1C. The molecule has 37 heavy (non-hydrogen) atoms. The Morgan fingerprint density at radius 1 is 1.03 bits per heavy atom. The van der Waals surface area contributed by atoms with E-state index in [1.165, 1.54) is 30.6 Å². The molecular weight excluding hydrogens is 516 g/mol. The molecule has 0 radical (unpaired) electrons. The summed E-state index contributed by atoms with van der Waals surface area (Å²) in [5.41, 5.74) is 2.82. The molecule has 198 valence electrons. The Bertz CT molecular complexity index is 1310. The lowest BCUT2D eigenvalue weighted by Gasteiger charge is -2.22. The Morgan fingerprint density at radius 2 is 1.68 bits per heavy atom. The zero-order valence-electron chi connectivity index (χ0n) is 20.7. The third-order valence-corrected chi connectivity index (χ3v) is 7.20. The second kappa shape index (κ2) is 12.7. The summed E-state index contributed by atoms with van der Waals surface area (Å²) in [5, 5.41) is 6.37. The summed E-state index contributed by atoms with van der Waals surface area (Å²) >= 11 is 1.49. The van der Waals surface area contributed by atoms with Gasteiger partial charge in [-0.25, -0.2) is 9.78 Å². The molecule has 1 aromatic heterocycles. The summed E-state index contributed by atoms with van der Waals surface area (Å²) < 4.78 is 37.9. The van der Waals surface area contributed by atoms with Gasteiger partial charge in [-0.05, 0) is 43.0 Å². The van der Waals surface area contributed by atoms with Crippen LogP contribution < -0.4 is 15.4 Å². The van der Waals surface area contributed by atoms with Crippen LogP contribution in [0.3, 0.4) is 0 Å². The highest BCUT2D eigenvalue weighted by Gasteiger charge is 2.27. The number of hydrogen-bond donors (Lipinski definition) is 4. The molecule has 0 aliphatic heterocycles. The molecular formula is C25H30N4O6S2. The smallest absolute Gasteiger partial charge is 0.407 e. The quantitative estimate of drug-likeness (QED) is 0.269. The number of nitrogens with one attached hydrogen (secondary N) is 3. The van der Waals surface area contributed by atoms with Gasteiger partial charge in [-0.2, -0.15) is 8.42 Å². The summed E-state index contributed by atoms with van der Waals surface area (Å²) in [5.74, 6) is -0.394. The third kappa shape index (κ3) is 8.55. The molecule has 0 aliphatic carbocycles. The Balaban J connectivity index is 1.86. The number of anilines is 1. The molecule has 1 unspecified atom stereocenters. The number of ether oxygens (including phenoxy) is 1. The number of thiazole rings is 1. The molecule has 2 aromatic carbocycles. The van der Waals surface area contributed by atoms with Crippen LogP contribution in [0.25, 0.3) is 0 Å². The molecule has 1 heterocycles. The number of carbonyl (C=O) groups is 2. The van der Waals surface area contributed by atoms with E-state index in [1.54, 1.807) is 12.1 Å². The predicted octanol–water partition coefficient (Wildman–Crippen LogP) is 3.60. The van der Waals surface area contributed by atoms with E-state index in [0.717, 1.165) is 33.1 Å². The number of carbonyl (C=O) groups excluding carboxylic acids is 2. The van der Waals surface area contributed by atoms with Gasteiger partial charge in [0.05, 0.1) is 24.5 Å². The van der Waals surface area contributed by atoms with E-state index in [0.29, 0.717) is 6.42 Å². The largest absolute Gasteiger partial charge is 0.453 e. The molecule has 0 saturated heterocycles. The molecule has 0 saturated carbocycles. The molecule has 0 fully saturated rings. The van der Waals surface area contributed by atoms with Crippen molar-refractivity contribution < 1.29 is 27.3 Å². The predicted molar refractivity (Wildman–Crippen MR) is 142 cm³/mol. The number of methoxy groups -OCH3 is 1. The summed E-state index contributed by atoms with van der Waals surface area (Å²) in [6, 6.07) is 14.4. The van der Waals surface area contributed by atoms with Gasteiger partial charge in [-0.1, -0.05) is 49.4 Å². The molecule has 3 rings (SSSR count). The van der Waals surface area contributed by atoms with Gasteiger partial charge in [0.15, 0.2) is 0 Å². The standard InChI is InChI=1S/C25H30N4O6S2/c1-4-20-16(2)36-24(27-20)22(15-18-10-12-19(13-11-18)29-37(32,33)34)26-23(30)21(28-25(31)35-3)14-17-8-6-5-7-9-17/h5-13,21-22,29H,4,14-15H2,1-3H3,(H,26,30)(H,28,31)(H,32,33,34)/t21-,22?/m0/s1. The highest BCUT2D eigenvalue weighted by atomic mass is 32.2. The van der Waals surface area contributed by atoms with Crippen molar-refractivity contribution in [3.63, 3.8) is 0 Å². The van der Waals surface area contributed by atoms with Crippen molar-refractivity contribution in [3.05, 3.63) is 81.3 Å². The number of alkyl carbamates (subject to hydrolysis) is 1. The molecule has 0 aliphatic rings. The van der Waals surface area contributed by atoms with E-state index in [4.69, 9.17) is 14.3 Å². The van der Waals surface area contributed by atoms with Gasteiger partial charge in [-0.15, -0.1) is 11.3 Å². The second-order valence-corrected chi connectivity index (χ2v) is 10.7. The number of hydrogen-bond acceptors (Lipinski definition) is 7. The number of nitrogens with zero attached hydrogens (tertiary/aromatic N) is 1. The van der Waals surface area contributed by atoms with Crippen molar-refractivity contribution in [3.8, 4) is 0 Å². The number of rotatable bonds is 11. The highest BCUT2D eigenvalue weighted by Crippen LogP contribution is 2.27. The molecule has 4 N–H and O–H groups in total. The Hall–Kier alpha value is -3.48. The van der Waals surface area contributed by atoms with E-state index in [2.05, 4.69) is 10.6 Å². The van der Waals surface area contributed by atoms with Crippen LogP contribution in [0.2, 0.25) is 0 Å². The van der Waals surface area contributed by atoms with E-state index in [1.807, 2.05) is 48.9 Å². The Kier molecular flexibility index (Phi) is 9.61. The number of aromatic nitrogens is 1. The van der Waals surface area contributed by atoms with Crippen molar-refractivity contribution >= 4 is 39.3 Å². The topological polar surface area (TPSA) is 147 Å². The van der Waals surface area contributed by atoms with E-state index < -0.39 is 34.4 Å². The lowest BCUT2D eigenvalue weighted by molar-refractivity contribution is -0.123. The van der Waals surface area contributed by atoms with Crippen molar-refractivity contribution in [2.24, 2.45) is 0 Å². The molecule has 3 aromatic rings. The summed E-state index contributed by atoms with van der Waals surface area (Å²) in [6.07, 6.45) is 0.665. The van der Waals surface area contributed by atoms with Gasteiger partial charge in [0.1, 0.15) is 11.0 Å². The van der Waals surface area contributed by atoms with Gasteiger partial charge < -0.3 is 15.4 Å². The van der Waals surface area contributed by atoms with E-state index in [-0.39, 0.29) is 12.1 Å². The fourth-order valence-electron chi connectivity index (χ4n) is 3.75. The third-order valence-electron chi connectivity index (χ3n) is 5.58. The molecule has 10 nitrogen and oxygen atoms in total. The van der Waals surface area contributed by atoms with E-state index in [9.17, 15) is 18.0 Å². The molecule has 2 amide bonds. The van der Waals surface area contributed by atoms with Crippen LogP contribution >= 0.6 is 11.3 Å². The van der Waals surface area contributed by atoms with Crippen LogP contribution in [0.15, 0.2) is 54.6 Å². The zero-order chi connectivity index (χ0) is 27.0. The minimum Gasteiger partial charge on any atom is -0.453 e. The highest BCUT2D eigenvalue weighted by molar-refractivity contribution is 7.87. The molecule has 0 bridgehead atoms. The van der Waals surface area contributed by atoms with Crippen molar-refractivity contribution in [2.45, 2.75) is 45.2 Å². The minimum absolute atomic E-state index is 0.204. The van der Waals surface area contributed by atoms with Gasteiger partial charge >= 0.3 is 16.4 Å². The summed E-state index contributed by atoms with van der Waals surface area (Å²) in [4.78, 5) is 31.2. The molecule has 2 atom stereocenters. The van der Waals surface area contributed by atoms with Crippen LogP contribution in [0.1, 0.15) is 39.7 Å². The maximum absolute atomic E-state index is 13.4. The minimum atomic E-state index is -4.38. The molecule has 0 spiro atoms. The van der Waals surface area contributed by atoms with Gasteiger partial charge in [0.25, 0.3) is 0 Å².